The summed E-state index contributed by atoms with van der Waals surface area (Å²) in [5, 5.41) is 6.77. The Morgan fingerprint density at radius 1 is 1.35 bits per heavy atom. The maximum Gasteiger partial charge on any atom is 0.213 e. The van der Waals surface area contributed by atoms with E-state index >= 15 is 0 Å². The van der Waals surface area contributed by atoms with Gasteiger partial charge in [0.05, 0.1) is 6.61 Å². The van der Waals surface area contributed by atoms with E-state index in [1.165, 1.54) is 12.8 Å². The Hall–Kier alpha value is -1.31. The fourth-order valence-corrected chi connectivity index (χ4v) is 2.44. The molecule has 1 aromatic rings. The number of hydrogen-bond donors (Lipinski definition) is 2. The summed E-state index contributed by atoms with van der Waals surface area (Å²) in [6, 6.07) is 4.46. The molecule has 6 heteroatoms. The van der Waals surface area contributed by atoms with Gasteiger partial charge < -0.3 is 15.4 Å². The Morgan fingerprint density at radius 3 is 2.83 bits per heavy atom. The van der Waals surface area contributed by atoms with E-state index in [9.17, 15) is 0 Å². The molecule has 0 radical (unpaired) electrons. The highest BCUT2D eigenvalue weighted by molar-refractivity contribution is 14.0. The molecule has 1 saturated carbocycles. The topological polar surface area (TPSA) is 58.5 Å². The molecule has 2 aliphatic rings. The molecule has 2 N–H and O–H groups in total. The lowest BCUT2D eigenvalue weighted by molar-refractivity contribution is 0.288. The van der Waals surface area contributed by atoms with Gasteiger partial charge >= 0.3 is 0 Å². The Labute approximate surface area is 155 Å². The lowest BCUT2D eigenvalue weighted by atomic mass is 10.2. The largest absolute Gasteiger partial charge is 0.477 e. The number of ether oxygens (including phenoxy) is 1. The van der Waals surface area contributed by atoms with Crippen LogP contribution in [0.4, 0.5) is 0 Å². The minimum Gasteiger partial charge on any atom is -0.477 e. The third-order valence-corrected chi connectivity index (χ3v) is 4.00. The summed E-state index contributed by atoms with van der Waals surface area (Å²) in [5.74, 6) is 2.30. The molecule has 0 bridgehead atoms. The normalized spacial score (nSPS) is 17.7. The van der Waals surface area contributed by atoms with Crippen molar-refractivity contribution >= 4 is 29.9 Å². The van der Waals surface area contributed by atoms with Crippen LogP contribution in [0.15, 0.2) is 35.5 Å². The lowest BCUT2D eigenvalue weighted by Crippen LogP contribution is -2.42. The van der Waals surface area contributed by atoms with Crippen LogP contribution in [0, 0.1) is 5.92 Å². The minimum atomic E-state index is 0. The van der Waals surface area contributed by atoms with E-state index < -0.39 is 0 Å². The number of aliphatic imine (C=N–C) groups is 1. The molecule has 126 valence electrons. The van der Waals surface area contributed by atoms with E-state index in [2.05, 4.69) is 32.8 Å². The summed E-state index contributed by atoms with van der Waals surface area (Å²) in [5.41, 5.74) is 1.15. The first-order valence-corrected chi connectivity index (χ1v) is 8.03. The van der Waals surface area contributed by atoms with Crippen LogP contribution in [0.2, 0.25) is 0 Å². The maximum atomic E-state index is 5.72. The van der Waals surface area contributed by atoms with Gasteiger partial charge in [-0.15, -0.1) is 24.0 Å². The predicted molar refractivity (Wildman–Crippen MR) is 103 cm³/mol. The van der Waals surface area contributed by atoms with Gasteiger partial charge in [0.2, 0.25) is 5.88 Å². The predicted octanol–water partition coefficient (Wildman–Crippen LogP) is 2.87. The van der Waals surface area contributed by atoms with Crippen LogP contribution in [0.5, 0.6) is 5.88 Å². The zero-order valence-corrected chi connectivity index (χ0v) is 15.8. The number of guanidine groups is 1. The van der Waals surface area contributed by atoms with Crippen molar-refractivity contribution in [2.45, 2.75) is 38.3 Å². The SMILES string of the molecule is CN=C(NCc1ccnc(OCC2CC2)c1)NC1CC=CC1.I. The van der Waals surface area contributed by atoms with Crippen molar-refractivity contribution < 1.29 is 4.74 Å². The van der Waals surface area contributed by atoms with Gasteiger partial charge in [0.25, 0.3) is 0 Å². The molecule has 0 unspecified atom stereocenters. The zero-order chi connectivity index (χ0) is 15.2. The van der Waals surface area contributed by atoms with Crippen LogP contribution in [0.25, 0.3) is 0 Å². The summed E-state index contributed by atoms with van der Waals surface area (Å²) in [4.78, 5) is 8.54. The van der Waals surface area contributed by atoms with Crippen molar-refractivity contribution in [3.8, 4) is 5.88 Å². The van der Waals surface area contributed by atoms with Crippen molar-refractivity contribution in [1.82, 2.24) is 15.6 Å². The minimum absolute atomic E-state index is 0. The second kappa shape index (κ2) is 9.10. The zero-order valence-electron chi connectivity index (χ0n) is 13.5. The smallest absolute Gasteiger partial charge is 0.213 e. The fourth-order valence-electron chi connectivity index (χ4n) is 2.44. The standard InChI is InChI=1S/C17H24N4O.HI/c1-18-17(21-15-4-2-3-5-15)20-11-14-8-9-19-16(10-14)22-12-13-6-7-13;/h2-3,8-10,13,15H,4-7,11-12H2,1H3,(H2,18,20,21);1H. The highest BCUT2D eigenvalue weighted by Crippen LogP contribution is 2.29. The molecule has 0 spiro atoms. The first kappa shape index (κ1) is 18.0. The van der Waals surface area contributed by atoms with E-state index in [0.29, 0.717) is 18.5 Å². The van der Waals surface area contributed by atoms with Crippen molar-refractivity contribution in [2.75, 3.05) is 13.7 Å². The molecule has 0 saturated heterocycles. The molecule has 1 fully saturated rings. The van der Waals surface area contributed by atoms with Gasteiger partial charge in [-0.2, -0.15) is 0 Å². The van der Waals surface area contributed by atoms with Gasteiger partial charge in [0.15, 0.2) is 5.96 Å². The van der Waals surface area contributed by atoms with Crippen LogP contribution in [0.1, 0.15) is 31.2 Å². The van der Waals surface area contributed by atoms with E-state index in [-0.39, 0.29) is 24.0 Å². The number of nitrogens with zero attached hydrogens (tertiary/aromatic N) is 2. The highest BCUT2D eigenvalue weighted by atomic mass is 127. The Kier molecular flexibility index (Phi) is 7.14. The highest BCUT2D eigenvalue weighted by Gasteiger charge is 2.22. The van der Waals surface area contributed by atoms with Crippen LogP contribution in [0.3, 0.4) is 0 Å². The van der Waals surface area contributed by atoms with Gasteiger partial charge in [-0.1, -0.05) is 12.2 Å². The maximum absolute atomic E-state index is 5.72. The molecule has 0 atom stereocenters. The molecule has 1 heterocycles. The van der Waals surface area contributed by atoms with Crippen LogP contribution >= 0.6 is 24.0 Å². The first-order valence-electron chi connectivity index (χ1n) is 8.03. The summed E-state index contributed by atoms with van der Waals surface area (Å²) in [6.45, 7) is 1.50. The summed E-state index contributed by atoms with van der Waals surface area (Å²) >= 11 is 0. The van der Waals surface area contributed by atoms with Gasteiger partial charge in [-0.25, -0.2) is 4.98 Å². The monoisotopic (exact) mass is 428 g/mol. The Balaban J connectivity index is 0.00000192. The van der Waals surface area contributed by atoms with Crippen molar-refractivity contribution in [3.05, 3.63) is 36.0 Å². The Bertz CT molecular complexity index is 549. The molecule has 1 aromatic heterocycles. The lowest BCUT2D eigenvalue weighted by Gasteiger charge is -2.17. The van der Waals surface area contributed by atoms with E-state index in [1.807, 2.05) is 12.1 Å². The molecule has 2 aliphatic carbocycles. The van der Waals surface area contributed by atoms with Crippen LogP contribution in [-0.2, 0) is 6.54 Å². The van der Waals surface area contributed by atoms with E-state index in [0.717, 1.165) is 36.9 Å². The number of aromatic nitrogens is 1. The molecule has 23 heavy (non-hydrogen) atoms. The van der Waals surface area contributed by atoms with Gasteiger partial charge in [0.1, 0.15) is 0 Å². The molecular weight excluding hydrogens is 403 g/mol. The van der Waals surface area contributed by atoms with E-state index in [4.69, 9.17) is 4.74 Å². The van der Waals surface area contributed by atoms with Gasteiger partial charge in [0, 0.05) is 31.9 Å². The molecule has 5 nitrogen and oxygen atoms in total. The quantitative estimate of drug-likeness (QED) is 0.317. The average molecular weight is 428 g/mol. The number of nitrogens with one attached hydrogen (secondary N) is 2. The third-order valence-electron chi connectivity index (χ3n) is 4.00. The average Bonchev–Trinajstić information content (AvgIpc) is 3.24. The van der Waals surface area contributed by atoms with Crippen molar-refractivity contribution in [1.29, 1.82) is 0 Å². The molecule has 0 aromatic carbocycles. The summed E-state index contributed by atoms with van der Waals surface area (Å²) < 4.78 is 5.72. The second-order valence-electron chi connectivity index (χ2n) is 5.97. The number of hydrogen-bond acceptors (Lipinski definition) is 3. The second-order valence-corrected chi connectivity index (χ2v) is 5.97. The summed E-state index contributed by atoms with van der Waals surface area (Å²) in [7, 11) is 1.80. The van der Waals surface area contributed by atoms with Crippen molar-refractivity contribution in [3.63, 3.8) is 0 Å². The number of pyridine rings is 1. The first-order chi connectivity index (χ1) is 10.8. The fraction of sp³-hybridized carbons (Fsp3) is 0.529. The van der Waals surface area contributed by atoms with Gasteiger partial charge in [-0.3, -0.25) is 4.99 Å². The number of rotatable bonds is 6. The number of halogens is 1. The third kappa shape index (κ3) is 6.01. The van der Waals surface area contributed by atoms with Crippen molar-refractivity contribution in [2.24, 2.45) is 10.9 Å². The Morgan fingerprint density at radius 2 is 2.13 bits per heavy atom. The van der Waals surface area contributed by atoms with Crippen LogP contribution in [-0.4, -0.2) is 30.6 Å². The molecule has 0 amide bonds. The van der Waals surface area contributed by atoms with Crippen LogP contribution < -0.4 is 15.4 Å². The molecule has 3 rings (SSSR count). The summed E-state index contributed by atoms with van der Waals surface area (Å²) in [6.07, 6.45) is 10.9. The van der Waals surface area contributed by atoms with Gasteiger partial charge in [-0.05, 0) is 43.2 Å². The van der Waals surface area contributed by atoms with E-state index in [1.54, 1.807) is 13.2 Å². The molecular formula is C17H25IN4O. The molecule has 0 aliphatic heterocycles.